The zero-order chi connectivity index (χ0) is 16.9. The summed E-state index contributed by atoms with van der Waals surface area (Å²) >= 11 is 0. The van der Waals surface area contributed by atoms with Gasteiger partial charge in [0, 0.05) is 44.3 Å². The average Bonchev–Trinajstić information content (AvgIpc) is 3.33. The van der Waals surface area contributed by atoms with Crippen molar-refractivity contribution in [3.05, 3.63) is 54.2 Å². The predicted octanol–water partition coefficient (Wildman–Crippen LogP) is 1.50. The lowest BCUT2D eigenvalue weighted by Gasteiger charge is -2.26. The molecule has 2 fully saturated rings. The van der Waals surface area contributed by atoms with Crippen molar-refractivity contribution >= 4 is 5.82 Å². The van der Waals surface area contributed by atoms with Crippen molar-refractivity contribution in [3.8, 4) is 0 Å². The Morgan fingerprint density at radius 1 is 1.12 bits per heavy atom. The van der Waals surface area contributed by atoms with Crippen LogP contribution in [-0.4, -0.2) is 42.4 Å². The normalized spacial score (nSPS) is 26.2. The molecule has 3 N–H and O–H groups in total. The Labute approximate surface area is 149 Å². The van der Waals surface area contributed by atoms with Crippen molar-refractivity contribution < 1.29 is 0 Å². The Bertz CT molecular complexity index is 592. The van der Waals surface area contributed by atoms with E-state index in [2.05, 4.69) is 67.7 Å². The number of anilines is 1. The van der Waals surface area contributed by atoms with Gasteiger partial charge in [0.05, 0.1) is 6.04 Å². The summed E-state index contributed by atoms with van der Waals surface area (Å²) in [5, 5.41) is 12.0. The van der Waals surface area contributed by atoms with Gasteiger partial charge in [0.25, 0.3) is 0 Å². The highest BCUT2D eigenvalue weighted by Gasteiger charge is 2.29. The van der Waals surface area contributed by atoms with Crippen molar-refractivity contribution in [2.75, 3.05) is 31.1 Å². The molecule has 6 heteroatoms. The molecule has 25 heavy (non-hydrogen) atoms. The van der Waals surface area contributed by atoms with E-state index in [1.165, 1.54) is 18.4 Å². The van der Waals surface area contributed by atoms with Crippen LogP contribution in [0.5, 0.6) is 0 Å². The van der Waals surface area contributed by atoms with E-state index in [0.29, 0.717) is 18.0 Å². The maximum atomic E-state index is 4.28. The molecule has 2 aliphatic heterocycles. The molecule has 0 amide bonds. The van der Waals surface area contributed by atoms with Crippen LogP contribution >= 0.6 is 0 Å². The number of hydrazine groups is 1. The molecule has 2 saturated heterocycles. The third-order valence-corrected chi connectivity index (χ3v) is 5.27. The first-order valence-corrected chi connectivity index (χ1v) is 9.20. The fraction of sp³-hybridized carbons (Fsp3) is 0.474. The molecule has 2 aromatic rings. The first-order chi connectivity index (χ1) is 12.4. The van der Waals surface area contributed by atoms with E-state index >= 15 is 0 Å². The maximum absolute atomic E-state index is 4.28. The van der Waals surface area contributed by atoms with Crippen LogP contribution in [-0.2, 0) is 0 Å². The smallest absolute Gasteiger partial charge is 0.151 e. The van der Waals surface area contributed by atoms with E-state index in [4.69, 9.17) is 0 Å². The molecule has 4 rings (SSSR count). The van der Waals surface area contributed by atoms with Crippen molar-refractivity contribution in [2.45, 2.75) is 24.9 Å². The van der Waals surface area contributed by atoms with Gasteiger partial charge < -0.3 is 10.2 Å². The number of aromatic nitrogens is 2. The quantitative estimate of drug-likeness (QED) is 0.742. The van der Waals surface area contributed by atoms with Crippen LogP contribution in [0, 0.1) is 5.92 Å². The minimum absolute atomic E-state index is 0.369. The minimum Gasteiger partial charge on any atom is -0.351 e. The van der Waals surface area contributed by atoms with Crippen LogP contribution in [0.3, 0.4) is 0 Å². The molecule has 0 radical (unpaired) electrons. The molecule has 0 saturated carbocycles. The number of nitrogens with zero attached hydrogens (tertiary/aromatic N) is 3. The summed E-state index contributed by atoms with van der Waals surface area (Å²) in [7, 11) is 0. The maximum Gasteiger partial charge on any atom is 0.151 e. The Balaban J connectivity index is 1.31. The highest BCUT2D eigenvalue weighted by molar-refractivity contribution is 5.39. The third-order valence-electron chi connectivity index (χ3n) is 5.27. The molecule has 2 aliphatic rings. The molecule has 3 atom stereocenters. The molecule has 0 bridgehead atoms. The van der Waals surface area contributed by atoms with Gasteiger partial charge in [-0.25, -0.2) is 5.43 Å². The number of nitrogens with one attached hydrogen (secondary N) is 3. The Hall–Kier alpha value is -2.02. The molecule has 3 heterocycles. The third kappa shape index (κ3) is 3.81. The second-order valence-electron chi connectivity index (χ2n) is 6.90. The van der Waals surface area contributed by atoms with Crippen LogP contribution in [0.1, 0.15) is 24.4 Å². The van der Waals surface area contributed by atoms with E-state index in [1.54, 1.807) is 6.20 Å². The molecule has 6 nitrogen and oxygen atoms in total. The van der Waals surface area contributed by atoms with E-state index in [1.807, 2.05) is 6.07 Å². The van der Waals surface area contributed by atoms with Gasteiger partial charge in [0.15, 0.2) is 5.82 Å². The number of hydrogen-bond acceptors (Lipinski definition) is 6. The summed E-state index contributed by atoms with van der Waals surface area (Å²) in [6.45, 7) is 4.06. The highest BCUT2D eigenvalue weighted by Crippen LogP contribution is 2.25. The van der Waals surface area contributed by atoms with Crippen LogP contribution in [0.15, 0.2) is 48.7 Å². The van der Waals surface area contributed by atoms with Crippen molar-refractivity contribution in [1.29, 1.82) is 0 Å². The van der Waals surface area contributed by atoms with Gasteiger partial charge in [-0.05, 0) is 30.5 Å². The number of hydrogen-bond donors (Lipinski definition) is 3. The summed E-state index contributed by atoms with van der Waals surface area (Å²) in [4.78, 5) is 2.39. The van der Waals surface area contributed by atoms with Crippen LogP contribution in [0.4, 0.5) is 5.82 Å². The summed E-state index contributed by atoms with van der Waals surface area (Å²) in [6.07, 6.45) is 4.17. The first kappa shape index (κ1) is 16.4. The molecular formula is C19H26N6. The monoisotopic (exact) mass is 338 g/mol. The zero-order valence-corrected chi connectivity index (χ0v) is 14.4. The number of benzene rings is 1. The topological polar surface area (TPSA) is 65.1 Å². The van der Waals surface area contributed by atoms with Gasteiger partial charge in [0.1, 0.15) is 0 Å². The van der Waals surface area contributed by atoms with Crippen molar-refractivity contribution in [3.63, 3.8) is 0 Å². The summed E-state index contributed by atoms with van der Waals surface area (Å²) < 4.78 is 0. The fourth-order valence-electron chi connectivity index (χ4n) is 3.97. The number of rotatable bonds is 6. The molecular weight excluding hydrogens is 312 g/mol. The molecule has 132 valence electrons. The van der Waals surface area contributed by atoms with Gasteiger partial charge in [0.2, 0.25) is 0 Å². The Kier molecular flexibility index (Phi) is 5.20. The fourth-order valence-corrected chi connectivity index (χ4v) is 3.97. The van der Waals surface area contributed by atoms with E-state index < -0.39 is 0 Å². The molecule has 1 aromatic carbocycles. The second-order valence-corrected chi connectivity index (χ2v) is 6.90. The van der Waals surface area contributed by atoms with Gasteiger partial charge in [-0.15, -0.1) is 5.10 Å². The largest absolute Gasteiger partial charge is 0.351 e. The summed E-state index contributed by atoms with van der Waals surface area (Å²) in [6, 6.07) is 15.6. The average molecular weight is 338 g/mol. The minimum atomic E-state index is 0.369. The lowest BCUT2D eigenvalue weighted by molar-refractivity contribution is 0.431. The predicted molar refractivity (Wildman–Crippen MR) is 99.1 cm³/mol. The lowest BCUT2D eigenvalue weighted by atomic mass is 9.95. The van der Waals surface area contributed by atoms with Crippen molar-refractivity contribution in [1.82, 2.24) is 26.4 Å². The SMILES string of the molecule is c1ccc(C2NNCC2CNCC2CCCN2c2cccnn2)cc1. The summed E-state index contributed by atoms with van der Waals surface area (Å²) in [5.41, 5.74) is 8.08. The van der Waals surface area contributed by atoms with Gasteiger partial charge in [-0.1, -0.05) is 30.3 Å². The van der Waals surface area contributed by atoms with Gasteiger partial charge >= 0.3 is 0 Å². The molecule has 1 aromatic heterocycles. The van der Waals surface area contributed by atoms with Crippen LogP contribution < -0.4 is 21.1 Å². The van der Waals surface area contributed by atoms with Crippen LogP contribution in [0.25, 0.3) is 0 Å². The van der Waals surface area contributed by atoms with E-state index in [9.17, 15) is 0 Å². The Morgan fingerprint density at radius 2 is 2.04 bits per heavy atom. The highest BCUT2D eigenvalue weighted by atomic mass is 15.4. The van der Waals surface area contributed by atoms with E-state index in [-0.39, 0.29) is 0 Å². The summed E-state index contributed by atoms with van der Waals surface area (Å²) in [5.74, 6) is 1.55. The second kappa shape index (κ2) is 7.91. The first-order valence-electron chi connectivity index (χ1n) is 9.20. The molecule has 0 spiro atoms. The zero-order valence-electron chi connectivity index (χ0n) is 14.4. The van der Waals surface area contributed by atoms with Gasteiger partial charge in [-0.3, -0.25) is 5.43 Å². The molecule has 3 unspecified atom stereocenters. The van der Waals surface area contributed by atoms with Crippen molar-refractivity contribution in [2.24, 2.45) is 5.92 Å². The van der Waals surface area contributed by atoms with Gasteiger partial charge in [-0.2, -0.15) is 5.10 Å². The van der Waals surface area contributed by atoms with Crippen LogP contribution in [0.2, 0.25) is 0 Å². The Morgan fingerprint density at radius 3 is 2.88 bits per heavy atom. The molecule has 0 aliphatic carbocycles. The standard InChI is InChI=1S/C19H26N6/c1-2-6-15(7-3-1)19-16(13-22-24-19)12-20-14-17-8-5-11-25(17)18-9-4-10-21-23-18/h1-4,6-7,9-10,16-17,19-20,22,24H,5,8,11-14H2. The lowest BCUT2D eigenvalue weighted by Crippen LogP contribution is -2.40. The van der Waals surface area contributed by atoms with E-state index in [0.717, 1.165) is 32.0 Å².